The lowest BCUT2D eigenvalue weighted by Gasteiger charge is -2.24. The van der Waals surface area contributed by atoms with Crippen LogP contribution >= 0.6 is 24.0 Å². The van der Waals surface area contributed by atoms with Crippen molar-refractivity contribution >= 4 is 29.0 Å². The summed E-state index contributed by atoms with van der Waals surface area (Å²) in [6.45, 7) is 2.18. The number of methoxy groups -OCH3 is 1. The topological polar surface area (TPSA) is 21.3 Å². The van der Waals surface area contributed by atoms with Crippen LogP contribution in [0.5, 0.6) is 5.75 Å². The fourth-order valence-electron chi connectivity index (χ4n) is 2.50. The van der Waals surface area contributed by atoms with E-state index in [2.05, 4.69) is 48.6 Å². The van der Waals surface area contributed by atoms with E-state index in [0.29, 0.717) is 0 Å². The van der Waals surface area contributed by atoms with Gasteiger partial charge in [-0.1, -0.05) is 42.5 Å². The fraction of sp³-hybridized carbons (Fsp3) is 0.235. The molecule has 0 spiro atoms. The van der Waals surface area contributed by atoms with Gasteiger partial charge in [0, 0.05) is 5.75 Å². The van der Waals surface area contributed by atoms with Crippen LogP contribution in [0.3, 0.4) is 0 Å². The molecule has 1 fully saturated rings. The van der Waals surface area contributed by atoms with Crippen LogP contribution in [0.1, 0.15) is 12.5 Å². The van der Waals surface area contributed by atoms with Crippen molar-refractivity contribution in [1.29, 1.82) is 0 Å². The molecular weight excluding hydrogens is 298 g/mol. The summed E-state index contributed by atoms with van der Waals surface area (Å²) in [6.07, 6.45) is 0. The van der Waals surface area contributed by atoms with E-state index >= 15 is 0 Å². The largest absolute Gasteiger partial charge is 0.497 e. The first kappa shape index (κ1) is 14.4. The van der Waals surface area contributed by atoms with Crippen LogP contribution in [0.2, 0.25) is 0 Å². The number of rotatable bonds is 3. The summed E-state index contributed by atoms with van der Waals surface area (Å²) in [7, 11) is 1.69. The summed E-state index contributed by atoms with van der Waals surface area (Å²) in [4.78, 5) is 0.792. The van der Waals surface area contributed by atoms with Gasteiger partial charge in [-0.3, -0.25) is 0 Å². The minimum atomic E-state index is -0.133. The Bertz CT molecular complexity index is 686. The van der Waals surface area contributed by atoms with Crippen LogP contribution in [0.4, 0.5) is 0 Å². The van der Waals surface area contributed by atoms with Crippen molar-refractivity contribution in [1.82, 2.24) is 5.32 Å². The minimum Gasteiger partial charge on any atom is -0.497 e. The van der Waals surface area contributed by atoms with Crippen molar-refractivity contribution in [2.24, 2.45) is 0 Å². The van der Waals surface area contributed by atoms with Gasteiger partial charge in [-0.15, -0.1) is 11.8 Å². The molecule has 4 heteroatoms. The van der Waals surface area contributed by atoms with Gasteiger partial charge in [0.15, 0.2) is 0 Å². The summed E-state index contributed by atoms with van der Waals surface area (Å²) < 4.78 is 5.31. The Labute approximate surface area is 134 Å². The molecule has 1 unspecified atom stereocenters. The number of thiocarbonyl (C=S) groups is 1. The molecule has 2 aromatic rings. The van der Waals surface area contributed by atoms with E-state index in [-0.39, 0.29) is 4.87 Å². The fourth-order valence-corrected chi connectivity index (χ4v) is 3.93. The number of hydrogen-bond donors (Lipinski definition) is 1. The second-order valence-electron chi connectivity index (χ2n) is 5.18. The molecule has 0 saturated carbocycles. The maximum atomic E-state index is 5.31. The predicted molar refractivity (Wildman–Crippen MR) is 94.0 cm³/mol. The van der Waals surface area contributed by atoms with Gasteiger partial charge in [0.1, 0.15) is 10.6 Å². The van der Waals surface area contributed by atoms with Crippen LogP contribution in [0.25, 0.3) is 11.1 Å². The van der Waals surface area contributed by atoms with E-state index in [1.807, 2.05) is 23.9 Å². The molecule has 3 rings (SSSR count). The summed E-state index contributed by atoms with van der Waals surface area (Å²) in [6, 6.07) is 16.7. The Morgan fingerprint density at radius 2 is 1.86 bits per heavy atom. The van der Waals surface area contributed by atoms with Gasteiger partial charge in [0.25, 0.3) is 0 Å². The second-order valence-corrected chi connectivity index (χ2v) is 7.07. The van der Waals surface area contributed by atoms with Crippen LogP contribution < -0.4 is 10.1 Å². The molecule has 1 heterocycles. The summed E-state index contributed by atoms with van der Waals surface area (Å²) in [5.41, 5.74) is 3.59. The molecule has 0 bridgehead atoms. The summed E-state index contributed by atoms with van der Waals surface area (Å²) >= 11 is 7.12. The average molecular weight is 315 g/mol. The highest BCUT2D eigenvalue weighted by Crippen LogP contribution is 2.39. The number of benzene rings is 2. The van der Waals surface area contributed by atoms with Crippen molar-refractivity contribution in [3.05, 3.63) is 54.1 Å². The molecule has 0 radical (unpaired) electrons. The van der Waals surface area contributed by atoms with Gasteiger partial charge in [-0.2, -0.15) is 0 Å². The Hall–Kier alpha value is -1.52. The molecule has 21 heavy (non-hydrogen) atoms. The maximum absolute atomic E-state index is 5.31. The molecule has 108 valence electrons. The van der Waals surface area contributed by atoms with E-state index in [1.54, 1.807) is 7.11 Å². The molecule has 2 aromatic carbocycles. The van der Waals surface area contributed by atoms with Crippen LogP contribution in [-0.4, -0.2) is 17.9 Å². The third kappa shape index (κ3) is 2.92. The third-order valence-electron chi connectivity index (χ3n) is 3.69. The second kappa shape index (κ2) is 5.70. The van der Waals surface area contributed by atoms with Gasteiger partial charge in [0.05, 0.1) is 12.1 Å². The lowest BCUT2D eigenvalue weighted by Crippen LogP contribution is -2.33. The predicted octanol–water partition coefficient (Wildman–Crippen LogP) is 4.20. The normalized spacial score (nSPS) is 21.1. The van der Waals surface area contributed by atoms with E-state index in [0.717, 1.165) is 22.1 Å². The highest BCUT2D eigenvalue weighted by molar-refractivity contribution is 8.02. The Kier molecular flexibility index (Phi) is 3.91. The first-order chi connectivity index (χ1) is 10.1. The van der Waals surface area contributed by atoms with Crippen LogP contribution in [0, 0.1) is 0 Å². The Morgan fingerprint density at radius 1 is 1.14 bits per heavy atom. The van der Waals surface area contributed by atoms with Crippen molar-refractivity contribution in [3.8, 4) is 16.9 Å². The van der Waals surface area contributed by atoms with Gasteiger partial charge < -0.3 is 10.1 Å². The molecule has 0 amide bonds. The zero-order valence-corrected chi connectivity index (χ0v) is 13.7. The number of ether oxygens (including phenoxy) is 1. The van der Waals surface area contributed by atoms with E-state index < -0.39 is 0 Å². The van der Waals surface area contributed by atoms with Gasteiger partial charge in [-0.25, -0.2) is 0 Å². The molecule has 1 aliphatic rings. The Balaban J connectivity index is 1.98. The maximum Gasteiger partial charge on any atom is 0.119 e. The molecule has 0 aromatic heterocycles. The van der Waals surface area contributed by atoms with Crippen LogP contribution in [-0.2, 0) is 4.87 Å². The first-order valence-corrected chi connectivity index (χ1v) is 8.20. The third-order valence-corrected chi connectivity index (χ3v) is 5.46. The quantitative estimate of drug-likeness (QED) is 0.857. The van der Waals surface area contributed by atoms with Crippen molar-refractivity contribution < 1.29 is 4.74 Å². The van der Waals surface area contributed by atoms with Crippen molar-refractivity contribution in [2.45, 2.75) is 11.8 Å². The summed E-state index contributed by atoms with van der Waals surface area (Å²) in [5.74, 6) is 1.76. The lowest BCUT2D eigenvalue weighted by atomic mass is 9.99. The van der Waals surface area contributed by atoms with Gasteiger partial charge in [0.2, 0.25) is 0 Å². The first-order valence-electron chi connectivity index (χ1n) is 6.81. The monoisotopic (exact) mass is 315 g/mol. The lowest BCUT2D eigenvalue weighted by molar-refractivity contribution is 0.415. The van der Waals surface area contributed by atoms with Gasteiger partial charge in [-0.05, 0) is 41.8 Å². The smallest absolute Gasteiger partial charge is 0.119 e. The molecule has 1 atom stereocenters. The van der Waals surface area contributed by atoms with Crippen molar-refractivity contribution in [2.75, 3.05) is 12.9 Å². The highest BCUT2D eigenvalue weighted by atomic mass is 32.2. The zero-order chi connectivity index (χ0) is 14.9. The molecule has 0 aliphatic carbocycles. The molecule has 1 aliphatic heterocycles. The SMILES string of the molecule is COc1cccc(-c2cccc(C3(C)NC(=S)CS3)c2)c1. The average Bonchev–Trinajstić information content (AvgIpc) is 2.88. The standard InChI is InChI=1S/C17H17NOS2/c1-17(18-16(20)11-21-17)14-7-3-5-12(9-14)13-6-4-8-15(10-13)19-2/h3-10H,11H2,1-2H3,(H,18,20). The zero-order valence-electron chi connectivity index (χ0n) is 12.1. The molecular formula is C17H17NOS2. The summed E-state index contributed by atoms with van der Waals surface area (Å²) in [5, 5.41) is 3.42. The van der Waals surface area contributed by atoms with E-state index in [4.69, 9.17) is 17.0 Å². The molecule has 2 nitrogen and oxygen atoms in total. The number of thioether (sulfide) groups is 1. The molecule has 1 N–H and O–H groups in total. The number of nitrogens with one attached hydrogen (secondary N) is 1. The van der Waals surface area contributed by atoms with Crippen molar-refractivity contribution in [3.63, 3.8) is 0 Å². The molecule has 1 saturated heterocycles. The minimum absolute atomic E-state index is 0.133. The van der Waals surface area contributed by atoms with Crippen LogP contribution in [0.15, 0.2) is 48.5 Å². The Morgan fingerprint density at radius 3 is 2.52 bits per heavy atom. The number of hydrogen-bond acceptors (Lipinski definition) is 3. The van der Waals surface area contributed by atoms with E-state index in [9.17, 15) is 0 Å². The van der Waals surface area contributed by atoms with Gasteiger partial charge >= 0.3 is 0 Å². The van der Waals surface area contributed by atoms with E-state index in [1.165, 1.54) is 11.1 Å². The highest BCUT2D eigenvalue weighted by Gasteiger charge is 2.33.